The Morgan fingerprint density at radius 3 is 2.62 bits per heavy atom. The highest BCUT2D eigenvalue weighted by atomic mass is 35.5. The number of fused-ring (bicyclic) bond motifs is 1. The van der Waals surface area contributed by atoms with Crippen molar-refractivity contribution in [2.45, 2.75) is 31.0 Å². The van der Waals surface area contributed by atoms with Crippen LogP contribution in [0.4, 0.5) is 24.1 Å². The number of likely N-dealkylation sites (tertiary alicyclic amines) is 1. The molecule has 3 N–H and O–H groups in total. The van der Waals surface area contributed by atoms with Crippen LogP contribution in [0.3, 0.4) is 0 Å². The Labute approximate surface area is 217 Å². The molecule has 0 spiro atoms. The Balaban J connectivity index is 1.58. The molecular formula is C26H28ClF2N5O3. The second-order valence-corrected chi connectivity index (χ2v) is 10.0. The zero-order chi connectivity index (χ0) is 26.9. The predicted octanol–water partition coefficient (Wildman–Crippen LogP) is 4.44. The first-order chi connectivity index (χ1) is 17.5. The van der Waals surface area contributed by atoms with Crippen LogP contribution in [0.25, 0.3) is 10.9 Å². The zero-order valence-corrected chi connectivity index (χ0v) is 21.3. The molecule has 196 valence electrons. The molecule has 0 aliphatic carbocycles. The number of halogens is 3. The molecule has 1 saturated heterocycles. The number of nitrogens with zero attached hydrogens (tertiary/aromatic N) is 3. The van der Waals surface area contributed by atoms with Crippen molar-refractivity contribution in [2.24, 2.45) is 5.73 Å². The Morgan fingerprint density at radius 2 is 1.92 bits per heavy atom. The summed E-state index contributed by atoms with van der Waals surface area (Å²) in [6, 6.07) is 8.94. The molecule has 0 unspecified atom stereocenters. The number of para-hydroxylation sites is 1. The van der Waals surface area contributed by atoms with E-state index in [9.17, 15) is 18.8 Å². The van der Waals surface area contributed by atoms with Gasteiger partial charge in [-0.15, -0.1) is 0 Å². The van der Waals surface area contributed by atoms with E-state index in [1.54, 1.807) is 49.3 Å². The van der Waals surface area contributed by atoms with E-state index in [1.165, 1.54) is 27.8 Å². The number of aromatic nitrogens is 1. The molecule has 1 aliphatic rings. The van der Waals surface area contributed by atoms with Crippen LogP contribution in [0.15, 0.2) is 48.7 Å². The highest BCUT2D eigenvalue weighted by molar-refractivity contribution is 6.30. The number of hydrogen-bond donors (Lipinski definition) is 2. The van der Waals surface area contributed by atoms with Gasteiger partial charge in [-0.25, -0.2) is 18.4 Å². The lowest BCUT2D eigenvalue weighted by molar-refractivity contribution is -0.122. The van der Waals surface area contributed by atoms with Crippen molar-refractivity contribution in [1.82, 2.24) is 14.4 Å². The van der Waals surface area contributed by atoms with Gasteiger partial charge in [0.2, 0.25) is 0 Å². The smallest absolute Gasteiger partial charge is 0.323 e. The fourth-order valence-electron chi connectivity index (χ4n) is 4.93. The maximum Gasteiger partial charge on any atom is 0.323 e. The first-order valence-electron chi connectivity index (χ1n) is 11.8. The third kappa shape index (κ3) is 5.60. The molecule has 37 heavy (non-hydrogen) atoms. The number of rotatable bonds is 7. The highest BCUT2D eigenvalue weighted by Crippen LogP contribution is 2.34. The number of benzene rings is 2. The number of carbonyl (C=O) groups is 3. The highest BCUT2D eigenvalue weighted by Gasteiger charge is 2.49. The predicted molar refractivity (Wildman–Crippen MR) is 138 cm³/mol. The van der Waals surface area contributed by atoms with Gasteiger partial charge in [0.1, 0.15) is 11.5 Å². The second-order valence-electron chi connectivity index (χ2n) is 9.61. The van der Waals surface area contributed by atoms with E-state index < -0.39 is 29.6 Å². The number of nitrogens with one attached hydrogen (secondary N) is 1. The van der Waals surface area contributed by atoms with Gasteiger partial charge < -0.3 is 20.9 Å². The number of primary amides is 1. The third-order valence-corrected chi connectivity index (χ3v) is 6.78. The Morgan fingerprint density at radius 1 is 1.19 bits per heavy atom. The van der Waals surface area contributed by atoms with Gasteiger partial charge in [-0.3, -0.25) is 9.36 Å². The first kappa shape index (κ1) is 26.6. The SMILES string of the molecule is CN(C)C[C@@]1(F)C[C@@H](C(=O)CCc2cccc(Cl)c2F)N(C(=O)Nc2cn(C(N)=O)c3ccccc23)C1. The normalized spacial score (nSPS) is 19.5. The van der Waals surface area contributed by atoms with Crippen LogP contribution in [0.1, 0.15) is 18.4 Å². The average molecular weight is 532 g/mol. The maximum absolute atomic E-state index is 15.8. The van der Waals surface area contributed by atoms with Gasteiger partial charge in [0.25, 0.3) is 0 Å². The number of ketones is 1. The number of Topliss-reactive ketones (excluding diaryl/α,β-unsaturated/α-hetero) is 1. The maximum atomic E-state index is 15.8. The van der Waals surface area contributed by atoms with Gasteiger partial charge in [-0.05, 0) is 38.2 Å². The summed E-state index contributed by atoms with van der Waals surface area (Å²) in [6.45, 7) is -0.280. The molecule has 1 aliphatic heterocycles. The number of hydrogen-bond acceptors (Lipinski definition) is 4. The van der Waals surface area contributed by atoms with Gasteiger partial charge >= 0.3 is 12.1 Å². The third-order valence-electron chi connectivity index (χ3n) is 6.48. The first-order valence-corrected chi connectivity index (χ1v) is 12.1. The molecular weight excluding hydrogens is 504 g/mol. The van der Waals surface area contributed by atoms with E-state index in [0.717, 1.165) is 0 Å². The van der Waals surface area contributed by atoms with Crippen molar-refractivity contribution in [3.63, 3.8) is 0 Å². The van der Waals surface area contributed by atoms with Crippen molar-refractivity contribution in [3.05, 3.63) is 65.1 Å². The van der Waals surface area contributed by atoms with E-state index in [2.05, 4.69) is 5.32 Å². The van der Waals surface area contributed by atoms with Crippen LogP contribution in [-0.4, -0.2) is 71.1 Å². The monoisotopic (exact) mass is 531 g/mol. The Kier molecular flexibility index (Phi) is 7.52. The molecule has 2 heterocycles. The molecule has 2 atom stereocenters. The summed E-state index contributed by atoms with van der Waals surface area (Å²) in [5.74, 6) is -0.983. The Bertz CT molecular complexity index is 1360. The number of urea groups is 1. The summed E-state index contributed by atoms with van der Waals surface area (Å²) < 4.78 is 31.3. The lowest BCUT2D eigenvalue weighted by atomic mass is 9.96. The second kappa shape index (κ2) is 10.5. The van der Waals surface area contributed by atoms with Gasteiger partial charge in [0, 0.05) is 31.0 Å². The van der Waals surface area contributed by atoms with Crippen molar-refractivity contribution < 1.29 is 23.2 Å². The minimum Gasteiger partial charge on any atom is -0.351 e. The van der Waals surface area contributed by atoms with Crippen LogP contribution in [0.2, 0.25) is 5.02 Å². The van der Waals surface area contributed by atoms with E-state index in [-0.39, 0.29) is 48.7 Å². The van der Waals surface area contributed by atoms with E-state index in [1.807, 2.05) is 0 Å². The quantitative estimate of drug-likeness (QED) is 0.471. The summed E-state index contributed by atoms with van der Waals surface area (Å²) >= 11 is 5.84. The number of amides is 3. The van der Waals surface area contributed by atoms with Crippen molar-refractivity contribution in [3.8, 4) is 0 Å². The summed E-state index contributed by atoms with van der Waals surface area (Å²) in [6.07, 6.45) is 1.18. The average Bonchev–Trinajstić information content (AvgIpc) is 3.38. The van der Waals surface area contributed by atoms with Crippen molar-refractivity contribution in [1.29, 1.82) is 0 Å². The topological polar surface area (TPSA) is 101 Å². The van der Waals surface area contributed by atoms with Crippen LogP contribution in [0, 0.1) is 5.82 Å². The van der Waals surface area contributed by atoms with E-state index in [0.29, 0.717) is 16.6 Å². The summed E-state index contributed by atoms with van der Waals surface area (Å²) in [7, 11) is 3.42. The molecule has 8 nitrogen and oxygen atoms in total. The molecule has 2 aromatic carbocycles. The van der Waals surface area contributed by atoms with Crippen LogP contribution in [-0.2, 0) is 11.2 Å². The fraction of sp³-hybridized carbons (Fsp3) is 0.346. The number of aryl methyl sites for hydroxylation is 1. The molecule has 1 fully saturated rings. The largest absolute Gasteiger partial charge is 0.351 e. The van der Waals surface area contributed by atoms with E-state index >= 15 is 4.39 Å². The molecule has 4 rings (SSSR count). The van der Waals surface area contributed by atoms with Gasteiger partial charge in [0.15, 0.2) is 5.78 Å². The number of nitrogens with two attached hydrogens (primary N) is 1. The number of alkyl halides is 1. The molecule has 1 aromatic heterocycles. The molecule has 0 saturated carbocycles. The summed E-state index contributed by atoms with van der Waals surface area (Å²) in [5, 5.41) is 3.23. The lowest BCUT2D eigenvalue weighted by Gasteiger charge is -2.25. The van der Waals surface area contributed by atoms with Gasteiger partial charge in [0.05, 0.1) is 28.8 Å². The minimum absolute atomic E-state index is 0.0183. The lowest BCUT2D eigenvalue weighted by Crippen LogP contribution is -2.44. The van der Waals surface area contributed by atoms with E-state index in [4.69, 9.17) is 17.3 Å². The number of carbonyl (C=O) groups excluding carboxylic acids is 3. The van der Waals surface area contributed by atoms with Gasteiger partial charge in [-0.1, -0.05) is 41.9 Å². The van der Waals surface area contributed by atoms with Crippen LogP contribution < -0.4 is 11.1 Å². The van der Waals surface area contributed by atoms with Crippen LogP contribution >= 0.6 is 11.6 Å². The molecule has 3 amide bonds. The van der Waals surface area contributed by atoms with Crippen LogP contribution in [0.5, 0.6) is 0 Å². The summed E-state index contributed by atoms with van der Waals surface area (Å²) in [4.78, 5) is 41.3. The molecule has 3 aromatic rings. The Hall–Kier alpha value is -3.50. The number of anilines is 1. The molecule has 0 radical (unpaired) electrons. The fourth-order valence-corrected chi connectivity index (χ4v) is 5.13. The zero-order valence-electron chi connectivity index (χ0n) is 20.5. The minimum atomic E-state index is -1.82. The van der Waals surface area contributed by atoms with Crippen molar-refractivity contribution >= 4 is 46.0 Å². The summed E-state index contributed by atoms with van der Waals surface area (Å²) in [5.41, 5.74) is 4.71. The standard InChI is InChI=1S/C26H28ClF2N5O3/c1-32(2)14-26(29)12-21(22(35)11-10-16-6-5-8-18(27)23(16)28)34(15-26)25(37)31-19-13-33(24(30)36)20-9-4-3-7-17(19)20/h3-9,13,21H,10-12,14-15H2,1-2H3,(H2,30,36)(H,31,37)/t21-,26-/m0/s1. The molecule has 0 bridgehead atoms. The van der Waals surface area contributed by atoms with Crippen molar-refractivity contribution in [2.75, 3.05) is 32.5 Å². The van der Waals surface area contributed by atoms with Gasteiger partial charge in [-0.2, -0.15) is 0 Å². The molecule has 11 heteroatoms.